The van der Waals surface area contributed by atoms with E-state index in [1.165, 1.54) is 77.2 Å². The Labute approximate surface area is 156 Å². The fraction of sp³-hybridized carbons (Fsp3) is 0.952. The molecule has 1 N–H and O–H groups in total. The van der Waals surface area contributed by atoms with Crippen molar-refractivity contribution in [1.82, 2.24) is 4.90 Å². The van der Waals surface area contributed by atoms with Crippen molar-refractivity contribution in [3.8, 4) is 0 Å². The second-order valence-corrected chi connectivity index (χ2v) is 8.25. The van der Waals surface area contributed by atoms with Crippen molar-refractivity contribution >= 4 is 6.09 Å². The third-order valence-corrected chi connectivity index (χ3v) is 6.21. The third kappa shape index (κ3) is 8.44. The van der Waals surface area contributed by atoms with Crippen LogP contribution in [0.15, 0.2) is 0 Å². The first kappa shape index (κ1) is 22.3. The molecule has 4 heteroatoms. The monoisotopic (exact) mass is 355 g/mol. The van der Waals surface area contributed by atoms with Crippen LogP contribution in [0, 0.1) is 0 Å². The number of carbonyl (C=O) groups is 1. The van der Waals surface area contributed by atoms with Gasteiger partial charge in [0.1, 0.15) is 6.04 Å². The highest BCUT2D eigenvalue weighted by Crippen LogP contribution is 2.22. The Bertz CT molecular complexity index is 362. The lowest BCUT2D eigenvalue weighted by molar-refractivity contribution is -0.937. The zero-order chi connectivity index (χ0) is 18.5. The number of amides is 1. The minimum absolute atomic E-state index is 0.466. The quantitative estimate of drug-likeness (QED) is 0.349. The third-order valence-electron chi connectivity index (χ3n) is 6.21. The number of quaternary nitrogens is 1. The SMILES string of the molecule is CCCCCCCCCCCCC[N+]1(C)CCN(C(=O)O)CC1CC. The molecule has 2 unspecified atom stereocenters. The van der Waals surface area contributed by atoms with Gasteiger partial charge in [-0.15, -0.1) is 0 Å². The van der Waals surface area contributed by atoms with Gasteiger partial charge in [-0.1, -0.05) is 71.6 Å². The molecule has 1 aliphatic rings. The van der Waals surface area contributed by atoms with Crippen LogP contribution in [0.2, 0.25) is 0 Å². The Kier molecular flexibility index (Phi) is 11.2. The second-order valence-electron chi connectivity index (χ2n) is 8.25. The lowest BCUT2D eigenvalue weighted by Gasteiger charge is -2.47. The first-order chi connectivity index (χ1) is 12.0. The van der Waals surface area contributed by atoms with Gasteiger partial charge < -0.3 is 9.59 Å². The topological polar surface area (TPSA) is 40.5 Å². The molecule has 1 saturated heterocycles. The van der Waals surface area contributed by atoms with E-state index in [0.29, 0.717) is 19.1 Å². The summed E-state index contributed by atoms with van der Waals surface area (Å²) in [4.78, 5) is 12.8. The number of carboxylic acid groups (broad SMARTS) is 1. The van der Waals surface area contributed by atoms with Crippen molar-refractivity contribution in [2.24, 2.45) is 0 Å². The Balaban J connectivity index is 2.09. The van der Waals surface area contributed by atoms with Crippen molar-refractivity contribution in [1.29, 1.82) is 0 Å². The molecule has 0 aromatic carbocycles. The highest BCUT2D eigenvalue weighted by molar-refractivity contribution is 5.65. The Morgan fingerprint density at radius 3 is 1.96 bits per heavy atom. The molecule has 0 saturated carbocycles. The van der Waals surface area contributed by atoms with Crippen LogP contribution < -0.4 is 0 Å². The highest BCUT2D eigenvalue weighted by Gasteiger charge is 2.38. The van der Waals surface area contributed by atoms with E-state index in [0.717, 1.165) is 17.4 Å². The van der Waals surface area contributed by atoms with Crippen molar-refractivity contribution in [2.45, 2.75) is 96.9 Å². The standard InChI is InChI=1S/C21H42N2O2/c1-4-6-7-8-9-10-11-12-13-14-15-17-23(3)18-16-22(21(24)25)19-20(23)5-2/h20H,4-19H2,1-3H3/p+1. The number of nitrogens with zero attached hydrogens (tertiary/aromatic N) is 2. The Hall–Kier alpha value is -0.770. The van der Waals surface area contributed by atoms with Gasteiger partial charge in [-0.2, -0.15) is 0 Å². The fourth-order valence-electron chi connectivity index (χ4n) is 4.25. The molecule has 0 aromatic rings. The minimum atomic E-state index is -0.751. The summed E-state index contributed by atoms with van der Waals surface area (Å²) >= 11 is 0. The van der Waals surface area contributed by atoms with Gasteiger partial charge in [-0.05, 0) is 19.3 Å². The number of rotatable bonds is 13. The van der Waals surface area contributed by atoms with E-state index in [2.05, 4.69) is 20.9 Å². The maximum atomic E-state index is 11.2. The largest absolute Gasteiger partial charge is 0.465 e. The van der Waals surface area contributed by atoms with Gasteiger partial charge in [0.2, 0.25) is 0 Å². The number of hydrogen-bond acceptors (Lipinski definition) is 1. The number of piperazine rings is 1. The predicted molar refractivity (Wildman–Crippen MR) is 106 cm³/mol. The predicted octanol–water partition coefficient (Wildman–Crippen LogP) is 5.52. The lowest BCUT2D eigenvalue weighted by Crippen LogP contribution is -2.64. The van der Waals surface area contributed by atoms with E-state index in [1.807, 2.05) is 0 Å². The second kappa shape index (κ2) is 12.6. The summed E-state index contributed by atoms with van der Waals surface area (Å²) in [5.41, 5.74) is 0. The molecule has 0 aromatic heterocycles. The van der Waals surface area contributed by atoms with Crippen molar-refractivity contribution < 1.29 is 14.4 Å². The molecule has 1 amide bonds. The van der Waals surface area contributed by atoms with Crippen molar-refractivity contribution in [3.63, 3.8) is 0 Å². The molecule has 148 valence electrons. The van der Waals surface area contributed by atoms with Crippen LogP contribution in [0.5, 0.6) is 0 Å². The maximum absolute atomic E-state index is 11.2. The van der Waals surface area contributed by atoms with Crippen LogP contribution in [0.4, 0.5) is 4.79 Å². The van der Waals surface area contributed by atoms with E-state index in [1.54, 1.807) is 4.90 Å². The molecule has 1 rings (SSSR count). The first-order valence-electron chi connectivity index (χ1n) is 10.9. The summed E-state index contributed by atoms with van der Waals surface area (Å²) in [7, 11) is 2.34. The summed E-state index contributed by atoms with van der Waals surface area (Å²) in [6.07, 6.45) is 15.5. The molecule has 0 aliphatic carbocycles. The van der Waals surface area contributed by atoms with E-state index in [4.69, 9.17) is 0 Å². The number of likely N-dealkylation sites (N-methyl/N-ethyl adjacent to an activating group) is 1. The van der Waals surface area contributed by atoms with Gasteiger partial charge in [0.25, 0.3) is 0 Å². The molecule has 0 radical (unpaired) electrons. The molecule has 1 fully saturated rings. The molecule has 25 heavy (non-hydrogen) atoms. The van der Waals surface area contributed by atoms with Crippen LogP contribution in [-0.2, 0) is 0 Å². The zero-order valence-corrected chi connectivity index (χ0v) is 17.1. The smallest absolute Gasteiger partial charge is 0.407 e. The average molecular weight is 356 g/mol. The first-order valence-corrected chi connectivity index (χ1v) is 10.9. The molecular formula is C21H43N2O2+. The van der Waals surface area contributed by atoms with E-state index in [-0.39, 0.29) is 0 Å². The molecule has 2 atom stereocenters. The van der Waals surface area contributed by atoms with Gasteiger partial charge >= 0.3 is 6.09 Å². The maximum Gasteiger partial charge on any atom is 0.407 e. The normalized spacial score (nSPS) is 23.8. The molecule has 1 heterocycles. The summed E-state index contributed by atoms with van der Waals surface area (Å²) < 4.78 is 1.07. The van der Waals surface area contributed by atoms with Crippen LogP contribution in [0.25, 0.3) is 0 Å². The fourth-order valence-corrected chi connectivity index (χ4v) is 4.25. The molecule has 4 nitrogen and oxygen atoms in total. The highest BCUT2D eigenvalue weighted by atomic mass is 16.4. The molecule has 1 aliphatic heterocycles. The molecule has 0 bridgehead atoms. The van der Waals surface area contributed by atoms with Crippen molar-refractivity contribution in [2.75, 3.05) is 33.2 Å². The number of unbranched alkanes of at least 4 members (excludes halogenated alkanes) is 10. The Morgan fingerprint density at radius 2 is 1.48 bits per heavy atom. The molecule has 0 spiro atoms. The van der Waals surface area contributed by atoms with Crippen LogP contribution in [0.3, 0.4) is 0 Å². The molecular weight excluding hydrogens is 312 g/mol. The summed E-state index contributed by atoms with van der Waals surface area (Å²) in [5.74, 6) is 0. The van der Waals surface area contributed by atoms with Crippen LogP contribution in [-0.4, -0.2) is 59.9 Å². The summed E-state index contributed by atoms with van der Waals surface area (Å²) in [5, 5.41) is 9.22. The van der Waals surface area contributed by atoms with Gasteiger partial charge in [0, 0.05) is 0 Å². The Morgan fingerprint density at radius 1 is 0.960 bits per heavy atom. The van der Waals surface area contributed by atoms with E-state index < -0.39 is 6.09 Å². The van der Waals surface area contributed by atoms with Gasteiger partial charge in [0.15, 0.2) is 0 Å². The number of hydrogen-bond donors (Lipinski definition) is 1. The van der Waals surface area contributed by atoms with E-state index in [9.17, 15) is 9.90 Å². The van der Waals surface area contributed by atoms with Gasteiger partial charge in [-0.25, -0.2) is 4.79 Å². The van der Waals surface area contributed by atoms with Crippen molar-refractivity contribution in [3.05, 3.63) is 0 Å². The van der Waals surface area contributed by atoms with Crippen LogP contribution in [0.1, 0.15) is 90.9 Å². The van der Waals surface area contributed by atoms with Crippen LogP contribution >= 0.6 is 0 Å². The summed E-state index contributed by atoms with van der Waals surface area (Å²) in [6.45, 7) is 8.07. The lowest BCUT2D eigenvalue weighted by atomic mass is 10.0. The summed E-state index contributed by atoms with van der Waals surface area (Å²) in [6, 6.07) is 0.466. The van der Waals surface area contributed by atoms with Gasteiger partial charge in [-0.3, -0.25) is 4.90 Å². The minimum Gasteiger partial charge on any atom is -0.465 e. The van der Waals surface area contributed by atoms with Gasteiger partial charge in [0.05, 0.1) is 33.2 Å². The van der Waals surface area contributed by atoms with E-state index >= 15 is 0 Å². The average Bonchev–Trinajstić information content (AvgIpc) is 2.59. The zero-order valence-electron chi connectivity index (χ0n) is 17.1.